The number of nitrogens with zero attached hydrogens (tertiary/aromatic N) is 2. The monoisotopic (exact) mass is 489 g/mol. The van der Waals surface area contributed by atoms with Crippen molar-refractivity contribution in [2.45, 2.75) is 19.9 Å². The van der Waals surface area contributed by atoms with Crippen LogP contribution >= 0.6 is 35.3 Å². The zero-order valence-electron chi connectivity index (χ0n) is 14.8. The summed E-state index contributed by atoms with van der Waals surface area (Å²) >= 11 is 1.67. The van der Waals surface area contributed by atoms with E-state index in [1.807, 2.05) is 37.4 Å². The highest BCUT2D eigenvalue weighted by Gasteiger charge is 2.02. The van der Waals surface area contributed by atoms with Crippen molar-refractivity contribution in [3.8, 4) is 5.75 Å². The normalized spacial score (nSPS) is 10.8. The van der Waals surface area contributed by atoms with Crippen molar-refractivity contribution in [2.24, 2.45) is 10.7 Å². The number of rotatable bonds is 8. The van der Waals surface area contributed by atoms with Gasteiger partial charge >= 0.3 is 0 Å². The van der Waals surface area contributed by atoms with E-state index < -0.39 is 5.91 Å². The fourth-order valence-electron chi connectivity index (χ4n) is 2.10. The highest BCUT2D eigenvalue weighted by atomic mass is 127. The first-order chi connectivity index (χ1) is 12.1. The maximum atomic E-state index is 10.7. The van der Waals surface area contributed by atoms with Gasteiger partial charge in [-0.15, -0.1) is 35.3 Å². The van der Waals surface area contributed by atoms with Crippen molar-refractivity contribution < 1.29 is 9.53 Å². The van der Waals surface area contributed by atoms with Crippen molar-refractivity contribution in [1.82, 2.24) is 15.6 Å². The Labute approximate surface area is 174 Å². The molecular formula is C17H24IN5O2S. The molecule has 1 heterocycles. The number of carbonyl (C=O) groups excluding carboxylic acids is 1. The molecule has 9 heteroatoms. The number of guanidine groups is 1. The van der Waals surface area contributed by atoms with E-state index in [9.17, 15) is 4.79 Å². The van der Waals surface area contributed by atoms with E-state index in [4.69, 9.17) is 10.5 Å². The van der Waals surface area contributed by atoms with Gasteiger partial charge in [-0.2, -0.15) is 0 Å². The van der Waals surface area contributed by atoms with Crippen LogP contribution < -0.4 is 21.1 Å². The van der Waals surface area contributed by atoms with Crippen molar-refractivity contribution in [3.63, 3.8) is 0 Å². The lowest BCUT2D eigenvalue weighted by Gasteiger charge is -2.11. The molecule has 142 valence electrons. The average Bonchev–Trinajstić information content (AvgIpc) is 3.02. The second-order valence-corrected chi connectivity index (χ2v) is 6.69. The molecule has 0 unspecified atom stereocenters. The van der Waals surface area contributed by atoms with Gasteiger partial charge in [-0.05, 0) is 31.0 Å². The van der Waals surface area contributed by atoms with Gasteiger partial charge in [0, 0.05) is 24.7 Å². The molecule has 0 saturated carbocycles. The quantitative estimate of drug-likeness (QED) is 0.299. The predicted octanol–water partition coefficient (Wildman–Crippen LogP) is 1.84. The van der Waals surface area contributed by atoms with Crippen LogP contribution in [0.2, 0.25) is 0 Å². The van der Waals surface area contributed by atoms with Crippen molar-refractivity contribution in [2.75, 3.05) is 20.2 Å². The zero-order valence-corrected chi connectivity index (χ0v) is 18.0. The average molecular weight is 489 g/mol. The van der Waals surface area contributed by atoms with E-state index in [2.05, 4.69) is 20.6 Å². The van der Waals surface area contributed by atoms with Gasteiger partial charge in [0.25, 0.3) is 5.91 Å². The lowest BCUT2D eigenvalue weighted by molar-refractivity contribution is -0.119. The van der Waals surface area contributed by atoms with E-state index >= 15 is 0 Å². The smallest absolute Gasteiger partial charge is 0.255 e. The summed E-state index contributed by atoms with van der Waals surface area (Å²) < 4.78 is 5.23. The molecular weight excluding hydrogens is 465 g/mol. The summed E-state index contributed by atoms with van der Waals surface area (Å²) in [5.41, 5.74) is 6.21. The van der Waals surface area contributed by atoms with Gasteiger partial charge in [0.15, 0.2) is 12.6 Å². The van der Waals surface area contributed by atoms with Gasteiger partial charge in [-0.1, -0.05) is 12.1 Å². The fourth-order valence-corrected chi connectivity index (χ4v) is 2.82. The Morgan fingerprint density at radius 1 is 1.31 bits per heavy atom. The van der Waals surface area contributed by atoms with Gasteiger partial charge in [0.05, 0.1) is 6.54 Å². The molecule has 2 aromatic rings. The van der Waals surface area contributed by atoms with E-state index in [-0.39, 0.29) is 30.6 Å². The second kappa shape index (κ2) is 11.7. The molecule has 0 atom stereocenters. The molecule has 0 fully saturated rings. The first-order valence-electron chi connectivity index (χ1n) is 7.92. The third-order valence-electron chi connectivity index (χ3n) is 3.31. The Hall–Kier alpha value is -1.88. The number of halogens is 1. The van der Waals surface area contributed by atoms with Gasteiger partial charge in [-0.25, -0.2) is 4.98 Å². The number of amides is 1. The number of hydrogen-bond acceptors (Lipinski definition) is 5. The van der Waals surface area contributed by atoms with Crippen molar-refractivity contribution >= 4 is 47.2 Å². The molecule has 0 bridgehead atoms. The number of hydrogen-bond donors (Lipinski definition) is 3. The third-order valence-corrected chi connectivity index (χ3v) is 4.22. The summed E-state index contributed by atoms with van der Waals surface area (Å²) in [4.78, 5) is 20.4. The van der Waals surface area contributed by atoms with Gasteiger partial charge < -0.3 is 21.1 Å². The fraction of sp³-hybridized carbons (Fsp3) is 0.353. The lowest BCUT2D eigenvalue weighted by Crippen LogP contribution is -2.37. The maximum absolute atomic E-state index is 10.7. The van der Waals surface area contributed by atoms with Gasteiger partial charge in [0.2, 0.25) is 0 Å². The topological polar surface area (TPSA) is 102 Å². The number of ether oxygens (including phenoxy) is 1. The van der Waals surface area contributed by atoms with Crippen LogP contribution in [-0.2, 0) is 17.8 Å². The third kappa shape index (κ3) is 8.00. The number of aromatic nitrogens is 1. The molecule has 26 heavy (non-hydrogen) atoms. The number of nitrogens with two attached hydrogens (primary N) is 1. The van der Waals surface area contributed by atoms with Crippen LogP contribution in [0.3, 0.4) is 0 Å². The minimum absolute atomic E-state index is 0. The molecule has 0 spiro atoms. The first kappa shape index (κ1) is 22.2. The molecule has 1 aromatic heterocycles. The van der Waals surface area contributed by atoms with Gasteiger partial charge in [-0.3, -0.25) is 9.79 Å². The first-order valence-corrected chi connectivity index (χ1v) is 8.74. The number of thiazole rings is 1. The number of aryl methyl sites for hydroxylation is 1. The molecule has 0 radical (unpaired) electrons. The molecule has 0 aliphatic rings. The Morgan fingerprint density at radius 3 is 2.62 bits per heavy atom. The van der Waals surface area contributed by atoms with E-state index in [1.54, 1.807) is 18.4 Å². The van der Waals surface area contributed by atoms with Crippen LogP contribution in [0.5, 0.6) is 5.75 Å². The second-order valence-electron chi connectivity index (χ2n) is 5.37. The van der Waals surface area contributed by atoms with Crippen LogP contribution in [0, 0.1) is 6.92 Å². The Bertz CT molecular complexity index is 718. The molecule has 0 aliphatic heterocycles. The summed E-state index contributed by atoms with van der Waals surface area (Å²) in [5.74, 6) is 0.890. The molecule has 4 N–H and O–H groups in total. The summed E-state index contributed by atoms with van der Waals surface area (Å²) in [5, 5.41) is 7.55. The summed E-state index contributed by atoms with van der Waals surface area (Å²) in [6, 6.07) is 7.59. The van der Waals surface area contributed by atoms with E-state index in [0.717, 1.165) is 29.5 Å². The SMILES string of the molecule is CN=C(NCCc1ccc(OCC(N)=O)cc1)NCc1ncc(C)s1.I. The number of primary amides is 1. The van der Waals surface area contributed by atoms with E-state index in [0.29, 0.717) is 12.3 Å². The minimum atomic E-state index is -0.486. The summed E-state index contributed by atoms with van der Waals surface area (Å²) in [7, 11) is 1.74. The highest BCUT2D eigenvalue weighted by molar-refractivity contribution is 14.0. The number of benzene rings is 1. The molecule has 7 nitrogen and oxygen atoms in total. The number of nitrogens with one attached hydrogen (secondary N) is 2. The van der Waals surface area contributed by atoms with Crippen LogP contribution in [0.4, 0.5) is 0 Å². The molecule has 0 saturated heterocycles. The molecule has 0 aliphatic carbocycles. The summed E-state index contributed by atoms with van der Waals surface area (Å²) in [6.45, 7) is 3.34. The number of aliphatic imine (C=N–C) groups is 1. The van der Waals surface area contributed by atoms with Gasteiger partial charge in [0.1, 0.15) is 10.8 Å². The Balaban J connectivity index is 0.00000338. The molecule has 2 rings (SSSR count). The Kier molecular flexibility index (Phi) is 9.96. The van der Waals surface area contributed by atoms with Crippen LogP contribution in [0.1, 0.15) is 15.4 Å². The zero-order chi connectivity index (χ0) is 18.1. The van der Waals surface area contributed by atoms with E-state index in [1.165, 1.54) is 4.88 Å². The van der Waals surface area contributed by atoms with Crippen molar-refractivity contribution in [3.05, 3.63) is 45.9 Å². The summed E-state index contributed by atoms with van der Waals surface area (Å²) in [6.07, 6.45) is 2.71. The highest BCUT2D eigenvalue weighted by Crippen LogP contribution is 2.12. The standard InChI is InChI=1S/C17H23N5O2S.HI/c1-12-9-21-16(25-12)10-22-17(19-2)20-8-7-13-3-5-14(6-4-13)24-11-15(18)23;/h3-6,9H,7-8,10-11H2,1-2H3,(H2,18,23)(H2,19,20,22);1H. The molecule has 1 aromatic carbocycles. The Morgan fingerprint density at radius 2 is 2.04 bits per heavy atom. The van der Waals surface area contributed by atoms with Crippen molar-refractivity contribution in [1.29, 1.82) is 0 Å². The van der Waals surface area contributed by atoms with Crippen LogP contribution in [0.25, 0.3) is 0 Å². The van der Waals surface area contributed by atoms with Crippen LogP contribution in [0.15, 0.2) is 35.5 Å². The largest absolute Gasteiger partial charge is 0.484 e. The minimum Gasteiger partial charge on any atom is -0.484 e. The lowest BCUT2D eigenvalue weighted by atomic mass is 10.1. The molecule has 1 amide bonds. The maximum Gasteiger partial charge on any atom is 0.255 e. The predicted molar refractivity (Wildman–Crippen MR) is 115 cm³/mol. The number of carbonyl (C=O) groups is 1. The van der Waals surface area contributed by atoms with Crippen LogP contribution in [-0.4, -0.2) is 37.1 Å².